The van der Waals surface area contributed by atoms with Crippen LogP contribution in [0.2, 0.25) is 0 Å². The molecule has 2 N–H and O–H groups in total. The lowest BCUT2D eigenvalue weighted by atomic mass is 9.99. The molecule has 0 bridgehead atoms. The van der Waals surface area contributed by atoms with E-state index in [0.29, 0.717) is 13.2 Å². The highest BCUT2D eigenvalue weighted by molar-refractivity contribution is 4.80. The summed E-state index contributed by atoms with van der Waals surface area (Å²) in [6, 6.07) is -0.243. The molecule has 1 unspecified atom stereocenters. The smallest absolute Gasteiger partial charge is 0.250 e. The molecular formula is C7H13F2NO2. The largest absolute Gasteiger partial charge is 0.395 e. The van der Waals surface area contributed by atoms with Gasteiger partial charge < -0.3 is 15.2 Å². The normalized spacial score (nSPS) is 21.0. The first-order valence-electron chi connectivity index (χ1n) is 3.94. The van der Waals surface area contributed by atoms with Gasteiger partial charge in [-0.25, -0.2) is 8.78 Å². The summed E-state index contributed by atoms with van der Waals surface area (Å²) >= 11 is 0. The first-order chi connectivity index (χ1) is 5.74. The van der Waals surface area contributed by atoms with Crippen molar-refractivity contribution >= 4 is 0 Å². The fraction of sp³-hybridized carbons (Fsp3) is 1.00. The predicted octanol–water partition coefficient (Wildman–Crippen LogP) is -0.152. The van der Waals surface area contributed by atoms with E-state index in [2.05, 4.69) is 5.32 Å². The van der Waals surface area contributed by atoms with E-state index in [0.717, 1.165) is 0 Å². The molecule has 1 fully saturated rings. The number of halogens is 2. The van der Waals surface area contributed by atoms with E-state index in [4.69, 9.17) is 9.84 Å². The molecule has 0 amide bonds. The maximum Gasteiger partial charge on any atom is 0.250 e. The fourth-order valence-corrected chi connectivity index (χ4v) is 1.11. The molecule has 1 atom stereocenters. The number of aliphatic hydroxyl groups excluding tert-OH is 1. The number of alkyl halides is 2. The average Bonchev–Trinajstić information content (AvgIpc) is 1.93. The van der Waals surface area contributed by atoms with Crippen LogP contribution in [0.1, 0.15) is 0 Å². The lowest BCUT2D eigenvalue weighted by Gasteiger charge is -2.33. The minimum absolute atomic E-state index is 0.110. The van der Waals surface area contributed by atoms with E-state index < -0.39 is 6.43 Å². The summed E-state index contributed by atoms with van der Waals surface area (Å²) in [5.41, 5.74) is 0. The second-order valence-electron chi connectivity index (χ2n) is 2.89. The Morgan fingerprint density at radius 3 is 2.50 bits per heavy atom. The molecule has 1 heterocycles. The van der Waals surface area contributed by atoms with E-state index in [-0.39, 0.29) is 25.1 Å². The highest BCUT2D eigenvalue weighted by Crippen LogP contribution is 2.14. The van der Waals surface area contributed by atoms with E-state index in [1.807, 2.05) is 0 Å². The second kappa shape index (κ2) is 4.69. The van der Waals surface area contributed by atoms with Crippen molar-refractivity contribution in [2.45, 2.75) is 12.5 Å². The van der Waals surface area contributed by atoms with Crippen LogP contribution in [-0.4, -0.2) is 43.9 Å². The van der Waals surface area contributed by atoms with E-state index in [1.165, 1.54) is 0 Å². The van der Waals surface area contributed by atoms with Gasteiger partial charge in [0.05, 0.1) is 26.4 Å². The van der Waals surface area contributed by atoms with Crippen molar-refractivity contribution in [2.75, 3.05) is 26.4 Å². The molecule has 0 aromatic carbocycles. The molecule has 1 saturated heterocycles. The Labute approximate surface area is 69.7 Å². The van der Waals surface area contributed by atoms with Crippen molar-refractivity contribution in [3.05, 3.63) is 0 Å². The van der Waals surface area contributed by atoms with Crippen LogP contribution in [0, 0.1) is 5.92 Å². The van der Waals surface area contributed by atoms with Crippen molar-refractivity contribution in [1.29, 1.82) is 0 Å². The van der Waals surface area contributed by atoms with Crippen LogP contribution in [-0.2, 0) is 4.74 Å². The average molecular weight is 181 g/mol. The Morgan fingerprint density at radius 2 is 2.17 bits per heavy atom. The molecule has 0 spiro atoms. The monoisotopic (exact) mass is 181 g/mol. The molecular weight excluding hydrogens is 168 g/mol. The standard InChI is InChI=1S/C7H13F2NO2/c8-7(9)1-10-6(2-11)5-3-12-4-5/h5-7,10-11H,1-4H2. The highest BCUT2D eigenvalue weighted by atomic mass is 19.3. The molecule has 0 radical (unpaired) electrons. The summed E-state index contributed by atoms with van der Waals surface area (Å²) in [6.07, 6.45) is -2.36. The Bertz CT molecular complexity index is 131. The third-order valence-electron chi connectivity index (χ3n) is 1.96. The Kier molecular flexibility index (Phi) is 3.84. The maximum atomic E-state index is 11.7. The summed E-state index contributed by atoms with van der Waals surface area (Å²) in [7, 11) is 0. The van der Waals surface area contributed by atoms with Gasteiger partial charge in [-0.3, -0.25) is 0 Å². The minimum atomic E-state index is -2.36. The van der Waals surface area contributed by atoms with Crippen LogP contribution in [0.25, 0.3) is 0 Å². The molecule has 0 saturated carbocycles. The molecule has 1 rings (SSSR count). The van der Waals surface area contributed by atoms with Crippen LogP contribution >= 0.6 is 0 Å². The van der Waals surface area contributed by atoms with Gasteiger partial charge in [0.25, 0.3) is 6.43 Å². The zero-order valence-corrected chi connectivity index (χ0v) is 6.67. The molecule has 1 aliphatic heterocycles. The number of rotatable bonds is 5. The molecule has 0 aromatic rings. The van der Waals surface area contributed by atoms with E-state index >= 15 is 0 Å². The van der Waals surface area contributed by atoms with Crippen molar-refractivity contribution in [1.82, 2.24) is 5.32 Å². The summed E-state index contributed by atoms with van der Waals surface area (Å²) in [6.45, 7) is 0.644. The third kappa shape index (κ3) is 2.66. The zero-order valence-electron chi connectivity index (χ0n) is 6.67. The Hall–Kier alpha value is -0.260. The molecule has 0 aromatic heterocycles. The second-order valence-corrected chi connectivity index (χ2v) is 2.89. The van der Waals surface area contributed by atoms with Crippen LogP contribution < -0.4 is 5.32 Å². The molecule has 1 aliphatic rings. The highest BCUT2D eigenvalue weighted by Gasteiger charge is 2.27. The van der Waals surface area contributed by atoms with E-state index in [9.17, 15) is 8.78 Å². The third-order valence-corrected chi connectivity index (χ3v) is 1.96. The molecule has 12 heavy (non-hydrogen) atoms. The quantitative estimate of drug-likeness (QED) is 0.619. The minimum Gasteiger partial charge on any atom is -0.395 e. The van der Waals surface area contributed by atoms with Crippen molar-refractivity contribution in [3.8, 4) is 0 Å². The maximum absolute atomic E-state index is 11.7. The molecule has 3 nitrogen and oxygen atoms in total. The SMILES string of the molecule is OCC(NCC(F)F)C1COC1. The van der Waals surface area contributed by atoms with Crippen molar-refractivity contribution in [3.63, 3.8) is 0 Å². The summed E-state index contributed by atoms with van der Waals surface area (Å²) in [5.74, 6) is 0.189. The van der Waals surface area contributed by atoms with Gasteiger partial charge >= 0.3 is 0 Å². The molecule has 0 aliphatic carbocycles. The topological polar surface area (TPSA) is 41.5 Å². The van der Waals surface area contributed by atoms with Gasteiger partial charge in [0.2, 0.25) is 0 Å². The van der Waals surface area contributed by atoms with Crippen LogP contribution in [0.4, 0.5) is 8.78 Å². The van der Waals surface area contributed by atoms with Gasteiger partial charge in [-0.05, 0) is 0 Å². The van der Waals surface area contributed by atoms with Gasteiger partial charge in [-0.15, -0.1) is 0 Å². The number of hydrogen-bond donors (Lipinski definition) is 2. The van der Waals surface area contributed by atoms with Crippen LogP contribution in [0.3, 0.4) is 0 Å². The number of ether oxygens (including phenoxy) is 1. The predicted molar refractivity (Wildman–Crippen MR) is 39.2 cm³/mol. The lowest BCUT2D eigenvalue weighted by molar-refractivity contribution is -0.0597. The van der Waals surface area contributed by atoms with Gasteiger partial charge in [0.15, 0.2) is 0 Å². The van der Waals surface area contributed by atoms with Crippen LogP contribution in [0.15, 0.2) is 0 Å². The van der Waals surface area contributed by atoms with E-state index in [1.54, 1.807) is 0 Å². The number of hydrogen-bond acceptors (Lipinski definition) is 3. The fourth-order valence-electron chi connectivity index (χ4n) is 1.11. The number of aliphatic hydroxyl groups is 1. The van der Waals surface area contributed by atoms with Gasteiger partial charge in [-0.1, -0.05) is 0 Å². The molecule has 5 heteroatoms. The summed E-state index contributed by atoms with van der Waals surface area (Å²) in [5, 5.41) is 11.4. The van der Waals surface area contributed by atoms with Gasteiger partial charge in [0.1, 0.15) is 0 Å². The summed E-state index contributed by atoms with van der Waals surface area (Å²) in [4.78, 5) is 0. The number of nitrogens with one attached hydrogen (secondary N) is 1. The zero-order chi connectivity index (χ0) is 8.97. The van der Waals surface area contributed by atoms with Gasteiger partial charge in [-0.2, -0.15) is 0 Å². The lowest BCUT2D eigenvalue weighted by Crippen LogP contribution is -2.49. The van der Waals surface area contributed by atoms with Crippen molar-refractivity contribution < 1.29 is 18.6 Å². The first kappa shape index (κ1) is 9.83. The Morgan fingerprint density at radius 1 is 1.50 bits per heavy atom. The van der Waals surface area contributed by atoms with Crippen molar-refractivity contribution in [2.24, 2.45) is 5.92 Å². The van der Waals surface area contributed by atoms with Crippen LogP contribution in [0.5, 0.6) is 0 Å². The Balaban J connectivity index is 2.15. The summed E-state index contributed by atoms with van der Waals surface area (Å²) < 4.78 is 28.4. The van der Waals surface area contributed by atoms with Gasteiger partial charge in [0, 0.05) is 12.0 Å². The first-order valence-corrected chi connectivity index (χ1v) is 3.94. The molecule has 72 valence electrons.